The third-order valence-electron chi connectivity index (χ3n) is 4.82. The number of aromatic nitrogens is 2. The Morgan fingerprint density at radius 1 is 1.21 bits per heavy atom. The molecule has 12 heteroatoms. The quantitative estimate of drug-likeness (QED) is 0.572. The molecule has 180 valence electrons. The predicted octanol–water partition coefficient (Wildman–Crippen LogP) is 5.32. The van der Waals surface area contributed by atoms with Gasteiger partial charge in [-0.05, 0) is 44.2 Å². The van der Waals surface area contributed by atoms with Gasteiger partial charge in [-0.1, -0.05) is 13.0 Å². The Morgan fingerprint density at radius 3 is 2.42 bits per heavy atom. The van der Waals surface area contributed by atoms with E-state index in [4.69, 9.17) is 0 Å². The molecule has 1 amide bonds. The van der Waals surface area contributed by atoms with E-state index in [0.717, 1.165) is 24.3 Å². The molecular weight excluding hydrogens is 456 g/mol. The zero-order chi connectivity index (χ0) is 24.8. The van der Waals surface area contributed by atoms with E-state index in [9.17, 15) is 36.2 Å². The van der Waals surface area contributed by atoms with Crippen molar-refractivity contribution in [1.82, 2.24) is 9.55 Å². The summed E-state index contributed by atoms with van der Waals surface area (Å²) in [6, 6.07) is 2.07. The highest BCUT2D eigenvalue weighted by Crippen LogP contribution is 2.38. The number of rotatable bonds is 5. The molecule has 1 aliphatic carbocycles. The van der Waals surface area contributed by atoms with Gasteiger partial charge in [0.1, 0.15) is 5.76 Å². The number of benzene rings is 1. The number of carbonyl (C=O) groups excluding carboxylic acids is 1. The number of hydrogen-bond donors (Lipinski definition) is 2. The number of halogens is 6. The van der Waals surface area contributed by atoms with Crippen LogP contribution in [-0.2, 0) is 15.7 Å². The fourth-order valence-corrected chi connectivity index (χ4v) is 3.53. The summed E-state index contributed by atoms with van der Waals surface area (Å²) in [6.07, 6.45) is -6.29. The van der Waals surface area contributed by atoms with Crippen molar-refractivity contribution in [3.8, 4) is 0 Å². The Kier molecular flexibility index (Phi) is 6.26. The molecule has 1 heterocycles. The van der Waals surface area contributed by atoms with Gasteiger partial charge in [0.15, 0.2) is 0 Å². The van der Waals surface area contributed by atoms with E-state index in [2.05, 4.69) is 15.0 Å². The SMILES string of the molecule is CC1C=C(OC(F)(F)F)C=CC1n1c(NC(=O)CC(C)(C)O)nc2ccc(C(F)(F)F)cc21. The minimum absolute atomic E-state index is 0.0264. The predicted molar refractivity (Wildman–Crippen MR) is 107 cm³/mol. The number of alkyl halides is 6. The second-order valence-corrected chi connectivity index (χ2v) is 8.37. The lowest BCUT2D eigenvalue weighted by Crippen LogP contribution is -2.29. The van der Waals surface area contributed by atoms with Crippen LogP contribution in [0.1, 0.15) is 38.8 Å². The molecule has 1 aromatic carbocycles. The van der Waals surface area contributed by atoms with E-state index in [1.54, 1.807) is 6.92 Å². The molecule has 0 spiro atoms. The van der Waals surface area contributed by atoms with Crippen LogP contribution in [0.2, 0.25) is 0 Å². The molecule has 2 unspecified atom stereocenters. The van der Waals surface area contributed by atoms with Crippen LogP contribution in [0.5, 0.6) is 0 Å². The van der Waals surface area contributed by atoms with Gasteiger partial charge < -0.3 is 14.4 Å². The lowest BCUT2D eigenvalue weighted by Gasteiger charge is -2.27. The summed E-state index contributed by atoms with van der Waals surface area (Å²) in [5.74, 6) is -1.86. The average molecular weight is 477 g/mol. The van der Waals surface area contributed by atoms with Gasteiger partial charge in [0.2, 0.25) is 11.9 Å². The van der Waals surface area contributed by atoms with Crippen LogP contribution >= 0.6 is 0 Å². The Morgan fingerprint density at radius 2 is 1.88 bits per heavy atom. The first-order chi connectivity index (χ1) is 15.0. The molecule has 6 nitrogen and oxygen atoms in total. The van der Waals surface area contributed by atoms with E-state index >= 15 is 0 Å². The molecule has 0 bridgehead atoms. The Labute approximate surface area is 184 Å². The summed E-state index contributed by atoms with van der Waals surface area (Å²) in [5.41, 5.74) is -2.13. The summed E-state index contributed by atoms with van der Waals surface area (Å²) in [7, 11) is 0. The fraction of sp³-hybridized carbons (Fsp3) is 0.429. The van der Waals surface area contributed by atoms with Gasteiger partial charge in [-0.2, -0.15) is 13.2 Å². The number of imidazole rings is 1. The summed E-state index contributed by atoms with van der Waals surface area (Å²) >= 11 is 0. The number of ether oxygens (including phenoxy) is 1. The minimum Gasteiger partial charge on any atom is -0.406 e. The van der Waals surface area contributed by atoms with Crippen molar-refractivity contribution in [3.05, 3.63) is 47.7 Å². The van der Waals surface area contributed by atoms with Crippen molar-refractivity contribution in [2.24, 2.45) is 5.92 Å². The fourth-order valence-electron chi connectivity index (χ4n) is 3.53. The summed E-state index contributed by atoms with van der Waals surface area (Å²) in [5, 5.41) is 12.4. The molecule has 1 aromatic heterocycles. The van der Waals surface area contributed by atoms with Crippen molar-refractivity contribution in [2.75, 3.05) is 5.32 Å². The molecule has 0 saturated heterocycles. The lowest BCUT2D eigenvalue weighted by atomic mass is 9.95. The van der Waals surface area contributed by atoms with E-state index in [1.807, 2.05) is 0 Å². The van der Waals surface area contributed by atoms with E-state index in [-0.39, 0.29) is 23.4 Å². The largest absolute Gasteiger partial charge is 0.573 e. The van der Waals surface area contributed by atoms with Crippen molar-refractivity contribution in [2.45, 2.75) is 51.4 Å². The van der Waals surface area contributed by atoms with Crippen LogP contribution in [0, 0.1) is 5.92 Å². The molecule has 0 saturated carbocycles. The first-order valence-electron chi connectivity index (χ1n) is 9.81. The standard InChI is InChI=1S/C21H21F6N3O3/c1-11-8-13(33-21(25,26)27)5-7-15(11)30-16-9-12(20(22,23)24)4-6-14(16)28-18(30)29-17(31)10-19(2,3)32/h4-9,11,15,32H,10H2,1-3H3,(H,28,29,31). The topological polar surface area (TPSA) is 76.4 Å². The second-order valence-electron chi connectivity index (χ2n) is 8.37. The minimum atomic E-state index is -4.90. The van der Waals surface area contributed by atoms with Gasteiger partial charge in [0.25, 0.3) is 0 Å². The number of fused-ring (bicyclic) bond motifs is 1. The molecule has 2 atom stereocenters. The van der Waals surface area contributed by atoms with Crippen LogP contribution in [0.25, 0.3) is 11.0 Å². The van der Waals surface area contributed by atoms with Gasteiger partial charge in [-0.25, -0.2) is 4.98 Å². The van der Waals surface area contributed by atoms with Crippen molar-refractivity contribution in [3.63, 3.8) is 0 Å². The molecule has 0 radical (unpaired) electrons. The van der Waals surface area contributed by atoms with Crippen molar-refractivity contribution >= 4 is 22.9 Å². The monoisotopic (exact) mass is 477 g/mol. The number of anilines is 1. The molecule has 1 aliphatic rings. The van der Waals surface area contributed by atoms with Gasteiger partial charge >= 0.3 is 12.5 Å². The van der Waals surface area contributed by atoms with Crippen molar-refractivity contribution in [1.29, 1.82) is 0 Å². The zero-order valence-electron chi connectivity index (χ0n) is 17.8. The third kappa shape index (κ3) is 6.06. The number of aliphatic hydroxyl groups is 1. The highest BCUT2D eigenvalue weighted by Gasteiger charge is 2.35. The molecule has 0 aliphatic heterocycles. The molecule has 33 heavy (non-hydrogen) atoms. The number of allylic oxidation sites excluding steroid dienone is 3. The summed E-state index contributed by atoms with van der Waals surface area (Å²) < 4.78 is 82.8. The van der Waals surface area contributed by atoms with Crippen molar-refractivity contribution < 1.29 is 41.0 Å². The Balaban J connectivity index is 2.07. The Hall–Kier alpha value is -3.02. The highest BCUT2D eigenvalue weighted by atomic mass is 19.4. The number of amides is 1. The van der Waals surface area contributed by atoms with Crippen LogP contribution in [0.3, 0.4) is 0 Å². The first-order valence-corrected chi connectivity index (χ1v) is 9.81. The molecular formula is C21H21F6N3O3. The van der Waals surface area contributed by atoms with Crippen LogP contribution < -0.4 is 5.32 Å². The zero-order valence-corrected chi connectivity index (χ0v) is 17.8. The first kappa shape index (κ1) is 24.6. The van der Waals surface area contributed by atoms with Crippen LogP contribution in [0.4, 0.5) is 32.3 Å². The summed E-state index contributed by atoms with van der Waals surface area (Å²) in [4.78, 5) is 16.6. The second kappa shape index (κ2) is 8.40. The molecule has 2 N–H and O–H groups in total. The number of nitrogens with zero attached hydrogens (tertiary/aromatic N) is 2. The maximum atomic E-state index is 13.3. The summed E-state index contributed by atoms with van der Waals surface area (Å²) in [6.45, 7) is 4.37. The number of hydrogen-bond acceptors (Lipinski definition) is 4. The molecule has 2 aromatic rings. The number of carbonyl (C=O) groups is 1. The van der Waals surface area contributed by atoms with E-state index < -0.39 is 47.3 Å². The Bertz CT molecular complexity index is 1110. The smallest absolute Gasteiger partial charge is 0.406 e. The lowest BCUT2D eigenvalue weighted by molar-refractivity contribution is -0.303. The molecule has 3 rings (SSSR count). The number of nitrogens with one attached hydrogen (secondary N) is 1. The van der Waals surface area contributed by atoms with Gasteiger partial charge in [0, 0.05) is 5.92 Å². The maximum absolute atomic E-state index is 13.3. The van der Waals surface area contributed by atoms with E-state index in [1.165, 1.54) is 30.6 Å². The van der Waals surface area contributed by atoms with Gasteiger partial charge in [-0.15, -0.1) is 13.2 Å². The molecule has 0 fully saturated rings. The maximum Gasteiger partial charge on any atom is 0.573 e. The average Bonchev–Trinajstić information content (AvgIpc) is 2.95. The normalized spacial score (nSPS) is 19.5. The highest BCUT2D eigenvalue weighted by molar-refractivity contribution is 5.92. The van der Waals surface area contributed by atoms with Gasteiger partial charge in [-0.3, -0.25) is 10.1 Å². The van der Waals surface area contributed by atoms with Crippen LogP contribution in [0.15, 0.2) is 42.2 Å². The third-order valence-corrected chi connectivity index (χ3v) is 4.82. The van der Waals surface area contributed by atoms with Gasteiger partial charge in [0.05, 0.1) is 34.7 Å². The van der Waals surface area contributed by atoms with Crippen LogP contribution in [-0.4, -0.2) is 32.5 Å². The van der Waals surface area contributed by atoms with E-state index in [0.29, 0.717) is 0 Å².